The minimum absolute atomic E-state index is 0. The second kappa shape index (κ2) is 12.2. The number of pyridine rings is 1. The van der Waals surface area contributed by atoms with Crippen molar-refractivity contribution in [3.05, 3.63) is 24.5 Å². The molecule has 0 aromatic carbocycles. The molecule has 0 aliphatic carbocycles. The lowest BCUT2D eigenvalue weighted by molar-refractivity contribution is -0.108. The van der Waals surface area contributed by atoms with E-state index in [4.69, 9.17) is 17.1 Å². The number of sulfonamides is 1. The van der Waals surface area contributed by atoms with E-state index < -0.39 is 10.0 Å². The number of nitrogens with one attached hydrogen (secondary N) is 2. The van der Waals surface area contributed by atoms with E-state index in [0.29, 0.717) is 24.7 Å². The van der Waals surface area contributed by atoms with Gasteiger partial charge in [0.05, 0.1) is 12.4 Å². The first-order valence-corrected chi connectivity index (χ1v) is 10.7. The zero-order valence-electron chi connectivity index (χ0n) is 14.3. The predicted octanol–water partition coefficient (Wildman–Crippen LogP) is 2.92. The summed E-state index contributed by atoms with van der Waals surface area (Å²) in [5.74, 6) is 0.155. The molecule has 0 bridgehead atoms. The van der Waals surface area contributed by atoms with Crippen LogP contribution in [0.2, 0.25) is 0 Å². The molecule has 0 radical (unpaired) electrons. The molecule has 7 nitrogen and oxygen atoms in total. The molecule has 148 valence electrons. The first-order valence-electron chi connectivity index (χ1n) is 8.66. The summed E-state index contributed by atoms with van der Waals surface area (Å²) in [5, 5.41) is 6.80. The van der Waals surface area contributed by atoms with Crippen LogP contribution >= 0.6 is 12.2 Å². The van der Waals surface area contributed by atoms with E-state index >= 15 is 0 Å². The topological polar surface area (TPSA) is 83.6 Å². The van der Waals surface area contributed by atoms with Crippen LogP contribution in [-0.2, 0) is 14.9 Å². The number of hydroxylamine groups is 1. The quantitative estimate of drug-likeness (QED) is 0.485. The van der Waals surface area contributed by atoms with Crippen LogP contribution in [0.3, 0.4) is 0 Å². The molecule has 0 spiro atoms. The van der Waals surface area contributed by atoms with Gasteiger partial charge in [0.2, 0.25) is 10.0 Å². The Balaban J connectivity index is 0.00000338. The third-order valence-corrected chi connectivity index (χ3v) is 5.79. The first-order chi connectivity index (χ1) is 12.1. The molecule has 26 heavy (non-hydrogen) atoms. The fraction of sp³-hybridized carbons (Fsp3) is 0.647. The highest BCUT2D eigenvalue weighted by Crippen LogP contribution is 2.13. The van der Waals surface area contributed by atoms with Crippen molar-refractivity contribution in [3.8, 4) is 0 Å². The number of thiocarbonyl (C=S) groups is 1. The van der Waals surface area contributed by atoms with Crippen molar-refractivity contribution in [1.82, 2.24) is 14.8 Å². The Bertz CT molecular complexity index is 620. The summed E-state index contributed by atoms with van der Waals surface area (Å²) in [4.78, 5) is 9.17. The second-order valence-corrected chi connectivity index (χ2v) is 8.30. The Hall–Kier alpha value is -1.29. The van der Waals surface area contributed by atoms with E-state index in [0.717, 1.165) is 44.3 Å². The zero-order valence-corrected chi connectivity index (χ0v) is 15.9. The fourth-order valence-corrected chi connectivity index (χ4v) is 4.11. The van der Waals surface area contributed by atoms with Crippen molar-refractivity contribution in [2.75, 3.05) is 30.8 Å². The van der Waals surface area contributed by atoms with Gasteiger partial charge < -0.3 is 10.6 Å². The average molecular weight is 403 g/mol. The molecule has 1 aliphatic heterocycles. The number of aromatic nitrogens is 1. The average Bonchev–Trinajstić information content (AvgIpc) is 2.62. The van der Waals surface area contributed by atoms with Gasteiger partial charge in [-0.15, -0.1) is 0 Å². The van der Waals surface area contributed by atoms with E-state index in [-0.39, 0.29) is 13.2 Å². The van der Waals surface area contributed by atoms with Gasteiger partial charge in [-0.25, -0.2) is 8.42 Å². The highest BCUT2D eigenvalue weighted by atomic mass is 32.2. The number of rotatable bonds is 9. The Morgan fingerprint density at radius 1 is 1.19 bits per heavy atom. The lowest BCUT2D eigenvalue weighted by atomic mass is 10.2. The number of hydrogen-bond donors (Lipinski definition) is 2. The minimum atomic E-state index is -3.26. The van der Waals surface area contributed by atoms with Crippen LogP contribution in [-0.4, -0.2) is 48.4 Å². The lowest BCUT2D eigenvalue weighted by Gasteiger charge is -2.25. The number of hydrogen-bond acceptors (Lipinski definition) is 5. The van der Waals surface area contributed by atoms with E-state index in [1.165, 1.54) is 4.47 Å². The van der Waals surface area contributed by atoms with Crippen molar-refractivity contribution in [1.29, 1.82) is 0 Å². The molecule has 2 heterocycles. The van der Waals surface area contributed by atoms with Gasteiger partial charge >= 0.3 is 0 Å². The van der Waals surface area contributed by atoms with Gasteiger partial charge in [-0.2, -0.15) is 0 Å². The van der Waals surface area contributed by atoms with E-state index in [2.05, 4.69) is 15.6 Å². The minimum Gasteiger partial charge on any atom is -0.362 e. The highest BCUT2D eigenvalue weighted by Gasteiger charge is 2.24. The molecule has 2 rings (SSSR count). The van der Waals surface area contributed by atoms with Crippen molar-refractivity contribution in [3.63, 3.8) is 0 Å². The second-order valence-electron chi connectivity index (χ2n) is 5.91. The van der Waals surface area contributed by atoms with Gasteiger partial charge in [0.15, 0.2) is 5.11 Å². The van der Waals surface area contributed by atoms with Crippen LogP contribution < -0.4 is 10.6 Å². The van der Waals surface area contributed by atoms with E-state index in [1.54, 1.807) is 12.4 Å². The zero-order chi connectivity index (χ0) is 18.0. The van der Waals surface area contributed by atoms with Crippen LogP contribution in [0.15, 0.2) is 24.5 Å². The first kappa shape index (κ1) is 22.8. The summed E-state index contributed by atoms with van der Waals surface area (Å²) >= 11 is 5.22. The molecule has 1 fully saturated rings. The van der Waals surface area contributed by atoms with Crippen molar-refractivity contribution in [2.45, 2.75) is 46.0 Å². The SMILES string of the molecule is C.O=S(=O)(CCCCCCNC(=S)Nc1ccncc1)N1CCCCO1. The molecule has 0 atom stereocenters. The molecule has 0 amide bonds. The van der Waals surface area contributed by atoms with Gasteiger partial charge in [0.25, 0.3) is 0 Å². The molecular weight excluding hydrogens is 372 g/mol. The molecule has 1 aliphatic rings. The summed E-state index contributed by atoms with van der Waals surface area (Å²) in [5.41, 5.74) is 0.901. The Morgan fingerprint density at radius 2 is 1.92 bits per heavy atom. The number of nitrogens with zero attached hydrogens (tertiary/aromatic N) is 2. The smallest absolute Gasteiger partial charge is 0.236 e. The lowest BCUT2D eigenvalue weighted by Crippen LogP contribution is -2.37. The monoisotopic (exact) mass is 402 g/mol. The van der Waals surface area contributed by atoms with Crippen molar-refractivity contribution < 1.29 is 13.3 Å². The number of unbranched alkanes of at least 4 members (excludes halogenated alkanes) is 3. The van der Waals surface area contributed by atoms with Crippen molar-refractivity contribution >= 4 is 33.0 Å². The molecule has 2 N–H and O–H groups in total. The molecule has 0 unspecified atom stereocenters. The molecule has 1 aromatic heterocycles. The summed E-state index contributed by atoms with van der Waals surface area (Å²) in [6, 6.07) is 3.70. The third kappa shape index (κ3) is 8.39. The summed E-state index contributed by atoms with van der Waals surface area (Å²) in [6.07, 6.45) is 8.64. The number of anilines is 1. The third-order valence-electron chi connectivity index (χ3n) is 3.83. The van der Waals surface area contributed by atoms with E-state index in [1.807, 2.05) is 12.1 Å². The highest BCUT2D eigenvalue weighted by molar-refractivity contribution is 7.88. The van der Waals surface area contributed by atoms with Gasteiger partial charge in [0, 0.05) is 31.2 Å². The predicted molar refractivity (Wildman–Crippen MR) is 109 cm³/mol. The van der Waals surface area contributed by atoms with Crippen molar-refractivity contribution in [2.24, 2.45) is 0 Å². The largest absolute Gasteiger partial charge is 0.362 e. The normalized spacial score (nSPS) is 15.1. The maximum absolute atomic E-state index is 12.1. The Labute approximate surface area is 162 Å². The van der Waals surface area contributed by atoms with Crippen LogP contribution in [0, 0.1) is 0 Å². The molecule has 9 heteroatoms. The molecule has 0 saturated carbocycles. The summed E-state index contributed by atoms with van der Waals surface area (Å²) in [7, 11) is -3.26. The van der Waals surface area contributed by atoms with Gasteiger partial charge in [-0.3, -0.25) is 9.82 Å². The molecular formula is C17H30N4O3S2. The van der Waals surface area contributed by atoms with Gasteiger partial charge in [0.1, 0.15) is 0 Å². The Kier molecular flexibility index (Phi) is 10.6. The van der Waals surface area contributed by atoms with Gasteiger partial charge in [-0.05, 0) is 50.0 Å². The maximum Gasteiger partial charge on any atom is 0.236 e. The standard InChI is InChI=1S/C16H26N4O3S2.CH4/c21-25(22,20-12-4-5-13-23-20)14-6-2-1-3-9-18-16(24)19-15-7-10-17-11-8-15;/h7-8,10-11H,1-6,9,12-14H2,(H2,17,18,19,24);1H4. The van der Waals surface area contributed by atoms with Crippen LogP contribution in [0.1, 0.15) is 46.0 Å². The maximum atomic E-state index is 12.1. The Morgan fingerprint density at radius 3 is 2.62 bits per heavy atom. The van der Waals surface area contributed by atoms with Crippen LogP contribution in [0.5, 0.6) is 0 Å². The van der Waals surface area contributed by atoms with E-state index in [9.17, 15) is 8.42 Å². The molecule has 1 aromatic rings. The van der Waals surface area contributed by atoms with Gasteiger partial charge in [-0.1, -0.05) is 24.7 Å². The summed E-state index contributed by atoms with van der Waals surface area (Å²) in [6.45, 7) is 1.74. The molecule has 1 saturated heterocycles. The fourth-order valence-electron chi connectivity index (χ4n) is 2.47. The summed E-state index contributed by atoms with van der Waals surface area (Å²) < 4.78 is 25.4. The van der Waals surface area contributed by atoms with Crippen LogP contribution in [0.25, 0.3) is 0 Å². The van der Waals surface area contributed by atoms with Crippen LogP contribution in [0.4, 0.5) is 5.69 Å².